The van der Waals surface area contributed by atoms with Crippen molar-refractivity contribution in [2.45, 2.75) is 26.3 Å². The summed E-state index contributed by atoms with van der Waals surface area (Å²) >= 11 is 8.69. The monoisotopic (exact) mass is 571 g/mol. The van der Waals surface area contributed by atoms with Crippen LogP contribution in [0, 0.1) is 6.92 Å². The van der Waals surface area contributed by atoms with Crippen LogP contribution in [0.2, 0.25) is 4.34 Å². The third-order valence-corrected chi connectivity index (χ3v) is 8.05. The summed E-state index contributed by atoms with van der Waals surface area (Å²) in [7, 11) is -0.923. The predicted octanol–water partition coefficient (Wildman–Crippen LogP) is 3.93. The van der Waals surface area contributed by atoms with Crippen LogP contribution < -0.4 is 14.6 Å². The molecular formula is C23H26ClN3O6S3. The topological polar surface area (TPSA) is 129 Å². The van der Waals surface area contributed by atoms with E-state index in [0.29, 0.717) is 39.4 Å². The number of sulfonamides is 1. The molecule has 1 aromatic carbocycles. The van der Waals surface area contributed by atoms with E-state index < -0.39 is 21.6 Å². The fourth-order valence-electron chi connectivity index (χ4n) is 3.51. The number of amides is 1. The number of carbonyl (C=O) groups is 2. The molecule has 2 N–H and O–H groups in total. The highest BCUT2D eigenvalue weighted by Gasteiger charge is 2.22. The summed E-state index contributed by atoms with van der Waals surface area (Å²) in [6.45, 7) is 2.38. The molecule has 13 heteroatoms. The molecular weight excluding hydrogens is 546 g/mol. The number of primary sulfonamides is 1. The Morgan fingerprint density at radius 3 is 2.39 bits per heavy atom. The first-order valence-electron chi connectivity index (χ1n) is 10.7. The molecule has 0 bridgehead atoms. The third-order valence-electron chi connectivity index (χ3n) is 5.26. The number of nitrogens with zero attached hydrogens (tertiary/aromatic N) is 2. The fraction of sp³-hybridized carbons (Fsp3) is 0.348. The number of ketones is 1. The van der Waals surface area contributed by atoms with Gasteiger partial charge in [-0.25, -0.2) is 18.5 Å². The number of aromatic nitrogens is 1. The second kappa shape index (κ2) is 12.2. The van der Waals surface area contributed by atoms with E-state index in [1.165, 1.54) is 42.3 Å². The van der Waals surface area contributed by atoms with Gasteiger partial charge >= 0.3 is 0 Å². The van der Waals surface area contributed by atoms with Crippen molar-refractivity contribution in [3.63, 3.8) is 0 Å². The van der Waals surface area contributed by atoms with Crippen molar-refractivity contribution in [3.8, 4) is 11.5 Å². The fourth-order valence-corrected chi connectivity index (χ4v) is 5.96. The zero-order chi connectivity index (χ0) is 26.5. The highest BCUT2D eigenvalue weighted by molar-refractivity contribution is 7.89. The van der Waals surface area contributed by atoms with E-state index in [9.17, 15) is 18.0 Å². The lowest BCUT2D eigenvalue weighted by molar-refractivity contribution is 0.0740. The molecule has 0 aliphatic rings. The number of hydrogen-bond acceptors (Lipinski definition) is 9. The summed E-state index contributed by atoms with van der Waals surface area (Å²) in [4.78, 5) is 32.8. The zero-order valence-corrected chi connectivity index (χ0v) is 23.2. The normalized spacial score (nSPS) is 11.4. The number of nitrogens with two attached hydrogens (primary N) is 1. The van der Waals surface area contributed by atoms with Crippen molar-refractivity contribution in [1.82, 2.24) is 9.88 Å². The molecule has 0 aliphatic heterocycles. The average molecular weight is 572 g/mol. The van der Waals surface area contributed by atoms with Gasteiger partial charge in [-0.15, -0.1) is 22.7 Å². The van der Waals surface area contributed by atoms with Crippen molar-refractivity contribution in [3.05, 3.63) is 60.7 Å². The van der Waals surface area contributed by atoms with Gasteiger partial charge in [-0.05, 0) is 44.0 Å². The molecule has 1 amide bonds. The summed E-state index contributed by atoms with van der Waals surface area (Å²) in [5, 5.41) is 6.94. The summed E-state index contributed by atoms with van der Waals surface area (Å²) in [5.74, 6) is -0.735. The molecule has 0 aliphatic carbocycles. The van der Waals surface area contributed by atoms with Gasteiger partial charge in [-0.1, -0.05) is 11.6 Å². The molecule has 2 heterocycles. The van der Waals surface area contributed by atoms with Gasteiger partial charge in [-0.3, -0.25) is 9.59 Å². The molecule has 3 aromatic rings. The van der Waals surface area contributed by atoms with Crippen LogP contribution >= 0.6 is 34.3 Å². The van der Waals surface area contributed by atoms with Crippen LogP contribution in [0.15, 0.2) is 29.6 Å². The first-order valence-corrected chi connectivity index (χ1v) is 14.5. The van der Waals surface area contributed by atoms with Gasteiger partial charge < -0.3 is 14.4 Å². The van der Waals surface area contributed by atoms with Gasteiger partial charge in [0, 0.05) is 27.9 Å². The van der Waals surface area contributed by atoms with Crippen LogP contribution in [0.4, 0.5) is 0 Å². The van der Waals surface area contributed by atoms with Gasteiger partial charge in [0.25, 0.3) is 5.91 Å². The highest BCUT2D eigenvalue weighted by Crippen LogP contribution is 2.30. The number of carbonyl (C=O) groups excluding carboxylic acids is 2. The first-order chi connectivity index (χ1) is 17.0. The van der Waals surface area contributed by atoms with Gasteiger partial charge in [0.05, 0.1) is 25.1 Å². The molecule has 0 radical (unpaired) electrons. The van der Waals surface area contributed by atoms with Crippen LogP contribution in [-0.4, -0.2) is 56.5 Å². The standard InChI is InChI=1S/C23H26ClN3O6S3/c1-14-19(32-2)9-15(10-20(14)33-3)23(29)27(8-4-5-16-6-7-21(24)35-16)11-22-26-17(12-34-22)18(28)13-36(25,30)31/h6-7,9-10,12H,4-5,8,11,13H2,1-3H3,(H2,25,30,31). The van der Waals surface area contributed by atoms with Crippen LogP contribution in [0.25, 0.3) is 0 Å². The molecule has 2 aromatic heterocycles. The van der Waals surface area contributed by atoms with E-state index >= 15 is 0 Å². The first kappa shape index (κ1) is 28.1. The number of rotatable bonds is 12. The van der Waals surface area contributed by atoms with Gasteiger partial charge in [0.1, 0.15) is 28.0 Å². The highest BCUT2D eigenvalue weighted by atomic mass is 35.5. The maximum Gasteiger partial charge on any atom is 0.254 e. The van der Waals surface area contributed by atoms with Gasteiger partial charge in [0.2, 0.25) is 10.0 Å². The minimum Gasteiger partial charge on any atom is -0.496 e. The molecule has 9 nitrogen and oxygen atoms in total. The van der Waals surface area contributed by atoms with Gasteiger partial charge in [-0.2, -0.15) is 0 Å². The Morgan fingerprint density at radius 1 is 1.17 bits per heavy atom. The summed E-state index contributed by atoms with van der Waals surface area (Å²) in [6, 6.07) is 7.12. The molecule has 0 atom stereocenters. The summed E-state index contributed by atoms with van der Waals surface area (Å²) in [6.07, 6.45) is 1.41. The van der Waals surface area contributed by atoms with E-state index in [-0.39, 0.29) is 18.1 Å². The number of halogens is 1. The van der Waals surface area contributed by atoms with Gasteiger partial charge in [0.15, 0.2) is 5.78 Å². The maximum atomic E-state index is 13.6. The number of thiophene rings is 1. The lowest BCUT2D eigenvalue weighted by atomic mass is 10.1. The van der Waals surface area contributed by atoms with E-state index in [0.717, 1.165) is 16.9 Å². The van der Waals surface area contributed by atoms with Crippen molar-refractivity contribution in [2.75, 3.05) is 26.5 Å². The Balaban J connectivity index is 1.84. The van der Waals surface area contributed by atoms with Crippen LogP contribution in [0.5, 0.6) is 11.5 Å². The Hall–Kier alpha value is -2.51. The number of benzene rings is 1. The smallest absolute Gasteiger partial charge is 0.254 e. The minimum atomic E-state index is -3.97. The maximum absolute atomic E-state index is 13.6. The second-order valence-corrected chi connectivity index (χ2v) is 12.3. The van der Waals surface area contributed by atoms with E-state index in [4.69, 9.17) is 26.2 Å². The Labute approximate surface area is 222 Å². The number of hydrogen-bond donors (Lipinski definition) is 1. The number of aryl methyl sites for hydroxylation is 1. The number of Topliss-reactive ketones (excluding diaryl/α,β-unsaturated/α-hetero) is 1. The molecule has 0 saturated carbocycles. The molecule has 36 heavy (non-hydrogen) atoms. The molecule has 0 saturated heterocycles. The van der Waals surface area contributed by atoms with E-state index in [1.807, 2.05) is 19.1 Å². The van der Waals surface area contributed by atoms with E-state index in [1.54, 1.807) is 17.0 Å². The lowest BCUT2D eigenvalue weighted by Gasteiger charge is -2.23. The summed E-state index contributed by atoms with van der Waals surface area (Å²) in [5.41, 5.74) is 1.16. The summed E-state index contributed by atoms with van der Waals surface area (Å²) < 4.78 is 34.1. The SMILES string of the molecule is COc1cc(C(=O)N(CCCc2ccc(Cl)s2)Cc2nc(C(=O)CS(N)(=O)=O)cs2)cc(OC)c1C. The van der Waals surface area contributed by atoms with Crippen molar-refractivity contribution in [2.24, 2.45) is 5.14 Å². The zero-order valence-electron chi connectivity index (χ0n) is 19.9. The Kier molecular flexibility index (Phi) is 9.47. The molecule has 3 rings (SSSR count). The number of ether oxygens (including phenoxy) is 2. The van der Waals surface area contributed by atoms with Crippen LogP contribution in [0.3, 0.4) is 0 Å². The second-order valence-electron chi connectivity index (χ2n) is 7.90. The van der Waals surface area contributed by atoms with Crippen LogP contribution in [0.1, 0.15) is 42.7 Å². The third kappa shape index (κ3) is 7.50. The number of methoxy groups -OCH3 is 2. The Morgan fingerprint density at radius 2 is 1.83 bits per heavy atom. The largest absolute Gasteiger partial charge is 0.496 e. The number of thiazole rings is 1. The average Bonchev–Trinajstić information content (AvgIpc) is 3.46. The molecule has 194 valence electrons. The molecule has 0 fully saturated rings. The van der Waals surface area contributed by atoms with Crippen LogP contribution in [-0.2, 0) is 23.0 Å². The van der Waals surface area contributed by atoms with E-state index in [2.05, 4.69) is 4.98 Å². The van der Waals surface area contributed by atoms with Crippen molar-refractivity contribution in [1.29, 1.82) is 0 Å². The van der Waals surface area contributed by atoms with Crippen molar-refractivity contribution >= 4 is 56.0 Å². The Bertz CT molecular complexity index is 1330. The quantitative estimate of drug-likeness (QED) is 0.326. The molecule has 0 spiro atoms. The van der Waals surface area contributed by atoms with Crippen molar-refractivity contribution < 1.29 is 27.5 Å². The molecule has 0 unspecified atom stereocenters. The lowest BCUT2D eigenvalue weighted by Crippen LogP contribution is -2.32. The predicted molar refractivity (Wildman–Crippen MR) is 141 cm³/mol. The minimum absolute atomic E-state index is 0.00308.